The SMILES string of the molecule is CN1C=CN(C(F)(F)C(F)(F)C(F)(F)C(F)(F)F)C1. The number of hydrogen-bond donors (Lipinski definition) is 0. The van der Waals surface area contributed by atoms with Gasteiger partial charge in [-0.1, -0.05) is 0 Å². The van der Waals surface area contributed by atoms with E-state index < -0.39 is 35.6 Å². The Hall–Kier alpha value is -1.29. The summed E-state index contributed by atoms with van der Waals surface area (Å²) in [5, 5.41) is 0. The Balaban J connectivity index is 3.15. The first-order chi connectivity index (χ1) is 8.25. The maximum absolute atomic E-state index is 13.2. The number of rotatable bonds is 3. The molecule has 1 heterocycles. The van der Waals surface area contributed by atoms with Crippen molar-refractivity contribution in [1.82, 2.24) is 9.80 Å². The topological polar surface area (TPSA) is 6.48 Å². The number of alkyl halides is 9. The standard InChI is InChI=1S/C8H7F9N2/c1-18-2-3-19(4-18)8(16,17)6(11,12)5(9,10)7(13,14)15/h2-3H,4H2,1H3. The van der Waals surface area contributed by atoms with Gasteiger partial charge < -0.3 is 4.90 Å². The highest BCUT2D eigenvalue weighted by Crippen LogP contribution is 2.54. The smallest absolute Gasteiger partial charge is 0.361 e. The quantitative estimate of drug-likeness (QED) is 0.584. The zero-order chi connectivity index (χ0) is 15.3. The van der Waals surface area contributed by atoms with Crippen molar-refractivity contribution in [3.63, 3.8) is 0 Å². The first-order valence-electron chi connectivity index (χ1n) is 4.60. The summed E-state index contributed by atoms with van der Waals surface area (Å²) in [6, 6.07) is -5.70. The average molecular weight is 302 g/mol. The predicted octanol–water partition coefficient (Wildman–Crippen LogP) is 3.09. The molecule has 0 aromatic heterocycles. The molecular weight excluding hydrogens is 295 g/mol. The lowest BCUT2D eigenvalue weighted by Crippen LogP contribution is -2.65. The molecule has 0 fully saturated rings. The summed E-state index contributed by atoms with van der Waals surface area (Å²) < 4.78 is 113. The van der Waals surface area contributed by atoms with Crippen molar-refractivity contribution in [1.29, 1.82) is 0 Å². The molecule has 0 aliphatic carbocycles. The minimum Gasteiger partial charge on any atom is -0.361 e. The molecular formula is C8H7F9N2. The third kappa shape index (κ3) is 2.18. The zero-order valence-electron chi connectivity index (χ0n) is 9.16. The van der Waals surface area contributed by atoms with Gasteiger partial charge in [0.2, 0.25) is 0 Å². The van der Waals surface area contributed by atoms with Crippen molar-refractivity contribution in [3.05, 3.63) is 12.4 Å². The minimum absolute atomic E-state index is 0.306. The maximum atomic E-state index is 13.2. The van der Waals surface area contributed by atoms with E-state index in [0.29, 0.717) is 6.20 Å². The molecule has 0 unspecified atom stereocenters. The first kappa shape index (κ1) is 15.8. The van der Waals surface area contributed by atoms with Crippen LogP contribution in [0, 0.1) is 0 Å². The first-order valence-corrected chi connectivity index (χ1v) is 4.60. The molecule has 112 valence electrons. The van der Waals surface area contributed by atoms with Crippen LogP contribution in [0.3, 0.4) is 0 Å². The molecule has 1 aliphatic heterocycles. The van der Waals surface area contributed by atoms with E-state index in [1.807, 2.05) is 0 Å². The van der Waals surface area contributed by atoms with Crippen molar-refractivity contribution in [2.45, 2.75) is 24.1 Å². The van der Waals surface area contributed by atoms with Crippen LogP contribution < -0.4 is 0 Å². The highest BCUT2D eigenvalue weighted by atomic mass is 19.4. The van der Waals surface area contributed by atoms with E-state index >= 15 is 0 Å². The van der Waals surface area contributed by atoms with E-state index in [0.717, 1.165) is 18.1 Å². The van der Waals surface area contributed by atoms with E-state index in [1.54, 1.807) is 0 Å². The van der Waals surface area contributed by atoms with Crippen LogP contribution >= 0.6 is 0 Å². The van der Waals surface area contributed by atoms with Gasteiger partial charge in [0.1, 0.15) is 0 Å². The largest absolute Gasteiger partial charge is 0.460 e. The molecule has 0 radical (unpaired) electrons. The Bertz CT molecular complexity index is 373. The average Bonchev–Trinajstić information content (AvgIpc) is 2.63. The van der Waals surface area contributed by atoms with Gasteiger partial charge in [0.25, 0.3) is 0 Å². The Labute approximate surface area is 101 Å². The minimum atomic E-state index is -6.86. The maximum Gasteiger partial charge on any atom is 0.460 e. The van der Waals surface area contributed by atoms with Crippen molar-refractivity contribution < 1.29 is 39.5 Å². The van der Waals surface area contributed by atoms with E-state index in [1.165, 1.54) is 0 Å². The van der Waals surface area contributed by atoms with Gasteiger partial charge in [-0.3, -0.25) is 4.90 Å². The summed E-state index contributed by atoms with van der Waals surface area (Å²) >= 11 is 0. The molecule has 1 aliphatic rings. The van der Waals surface area contributed by atoms with Crippen molar-refractivity contribution in [2.75, 3.05) is 13.7 Å². The van der Waals surface area contributed by atoms with Gasteiger partial charge in [-0.15, -0.1) is 0 Å². The van der Waals surface area contributed by atoms with Crippen LogP contribution in [0.1, 0.15) is 0 Å². The second kappa shape index (κ2) is 4.10. The van der Waals surface area contributed by atoms with Gasteiger partial charge >= 0.3 is 24.1 Å². The fourth-order valence-electron chi connectivity index (χ4n) is 1.26. The van der Waals surface area contributed by atoms with E-state index in [9.17, 15) is 39.5 Å². The second-order valence-corrected chi connectivity index (χ2v) is 3.85. The monoisotopic (exact) mass is 302 g/mol. The molecule has 0 aromatic carbocycles. The summed E-state index contributed by atoms with van der Waals surface area (Å²) in [6.07, 6.45) is -5.66. The van der Waals surface area contributed by atoms with Crippen LogP contribution in [0.4, 0.5) is 39.5 Å². The molecule has 19 heavy (non-hydrogen) atoms. The third-order valence-electron chi connectivity index (χ3n) is 2.37. The molecule has 11 heteroatoms. The fraction of sp³-hybridized carbons (Fsp3) is 0.750. The molecule has 0 aromatic rings. The van der Waals surface area contributed by atoms with Crippen molar-refractivity contribution >= 4 is 0 Å². The molecule has 0 saturated carbocycles. The van der Waals surface area contributed by atoms with Crippen LogP contribution in [0.2, 0.25) is 0 Å². The summed E-state index contributed by atoms with van der Waals surface area (Å²) in [5.74, 6) is -13.5. The molecule has 1 rings (SSSR count). The lowest BCUT2D eigenvalue weighted by Gasteiger charge is -2.38. The molecule has 0 N–H and O–H groups in total. The lowest BCUT2D eigenvalue weighted by molar-refractivity contribution is -0.415. The highest BCUT2D eigenvalue weighted by molar-refractivity contribution is 5.04. The van der Waals surface area contributed by atoms with Gasteiger partial charge in [-0.05, 0) is 0 Å². The Morgan fingerprint density at radius 3 is 1.58 bits per heavy atom. The van der Waals surface area contributed by atoms with Crippen molar-refractivity contribution in [2.24, 2.45) is 0 Å². The van der Waals surface area contributed by atoms with Crippen LogP contribution in [-0.2, 0) is 0 Å². The Morgan fingerprint density at radius 1 is 0.789 bits per heavy atom. The normalized spacial score (nSPS) is 18.4. The number of halogens is 9. The van der Waals surface area contributed by atoms with Crippen molar-refractivity contribution in [3.8, 4) is 0 Å². The summed E-state index contributed by atoms with van der Waals surface area (Å²) in [4.78, 5) is 0.308. The molecule has 2 nitrogen and oxygen atoms in total. The Morgan fingerprint density at radius 2 is 1.26 bits per heavy atom. The lowest BCUT2D eigenvalue weighted by atomic mass is 10.1. The van der Waals surface area contributed by atoms with Gasteiger partial charge in [-0.25, -0.2) is 0 Å². The van der Waals surface area contributed by atoms with E-state index in [-0.39, 0.29) is 0 Å². The van der Waals surface area contributed by atoms with E-state index in [2.05, 4.69) is 0 Å². The summed E-state index contributed by atoms with van der Waals surface area (Å²) in [5.41, 5.74) is 0. The van der Waals surface area contributed by atoms with Crippen LogP contribution in [0.25, 0.3) is 0 Å². The molecule has 0 spiro atoms. The molecule has 0 bridgehead atoms. The van der Waals surface area contributed by atoms with Crippen LogP contribution in [0.15, 0.2) is 12.4 Å². The predicted molar refractivity (Wildman–Crippen MR) is 44.5 cm³/mol. The third-order valence-corrected chi connectivity index (χ3v) is 2.37. The van der Waals surface area contributed by atoms with E-state index in [4.69, 9.17) is 0 Å². The molecule has 0 amide bonds. The highest BCUT2D eigenvalue weighted by Gasteiger charge is 2.83. The number of hydrogen-bond acceptors (Lipinski definition) is 2. The van der Waals surface area contributed by atoms with Gasteiger partial charge in [0.05, 0.1) is 6.67 Å². The van der Waals surface area contributed by atoms with Crippen LogP contribution in [-0.4, -0.2) is 47.6 Å². The zero-order valence-corrected chi connectivity index (χ0v) is 9.16. The van der Waals surface area contributed by atoms with Gasteiger partial charge in [0, 0.05) is 19.4 Å². The fourth-order valence-corrected chi connectivity index (χ4v) is 1.26. The molecule has 0 atom stereocenters. The Kier molecular flexibility index (Phi) is 3.40. The van der Waals surface area contributed by atoms with Gasteiger partial charge in [-0.2, -0.15) is 39.5 Å². The number of nitrogens with zero attached hydrogens (tertiary/aromatic N) is 2. The molecule has 0 saturated heterocycles. The van der Waals surface area contributed by atoms with Gasteiger partial charge in [0.15, 0.2) is 0 Å². The summed E-state index contributed by atoms with van der Waals surface area (Å²) in [7, 11) is 1.15. The van der Waals surface area contributed by atoms with Crippen LogP contribution in [0.5, 0.6) is 0 Å². The summed E-state index contributed by atoms with van der Waals surface area (Å²) in [6.45, 7) is -0.948. The second-order valence-electron chi connectivity index (χ2n) is 3.85.